The number of halogens is 1. The molecule has 0 atom stereocenters. The molecule has 5 nitrogen and oxygen atoms in total. The van der Waals surface area contributed by atoms with Gasteiger partial charge in [0.05, 0.1) is 33.4 Å². The molecule has 2 aromatic heterocycles. The Labute approximate surface area is 116 Å². The molecule has 3 N–H and O–H groups in total. The van der Waals surface area contributed by atoms with E-state index in [1.165, 1.54) is 0 Å². The zero-order valence-electron chi connectivity index (χ0n) is 11.4. The topological polar surface area (TPSA) is 80.6 Å². The monoisotopic (exact) mass is 277 g/mol. The maximum absolute atomic E-state index is 7.73. The van der Waals surface area contributed by atoms with Crippen molar-refractivity contribution in [3.63, 3.8) is 0 Å². The molecule has 0 amide bonds. The van der Waals surface area contributed by atoms with E-state index in [-0.39, 0.29) is 5.84 Å². The third-order valence-electron chi connectivity index (χ3n) is 3.01. The summed E-state index contributed by atoms with van der Waals surface area (Å²) in [5, 5.41) is 12.8. The second-order valence-electron chi connectivity index (χ2n) is 4.55. The highest BCUT2D eigenvalue weighted by molar-refractivity contribution is 6.31. The Hall–Kier alpha value is -1.88. The quantitative estimate of drug-likeness (QED) is 0.653. The first-order valence-corrected chi connectivity index (χ1v) is 6.25. The number of nitrogen functional groups attached to an aromatic ring is 1. The van der Waals surface area contributed by atoms with Gasteiger partial charge in [-0.2, -0.15) is 5.10 Å². The van der Waals surface area contributed by atoms with Gasteiger partial charge in [0.15, 0.2) is 0 Å². The van der Waals surface area contributed by atoms with Crippen molar-refractivity contribution in [1.82, 2.24) is 14.8 Å². The van der Waals surface area contributed by atoms with Crippen molar-refractivity contribution < 1.29 is 0 Å². The van der Waals surface area contributed by atoms with Crippen LogP contribution in [0.2, 0.25) is 5.02 Å². The highest BCUT2D eigenvalue weighted by atomic mass is 35.5. The Kier molecular flexibility index (Phi) is 3.32. The van der Waals surface area contributed by atoms with E-state index in [0.717, 1.165) is 22.8 Å². The van der Waals surface area contributed by atoms with Crippen molar-refractivity contribution in [3.05, 3.63) is 39.4 Å². The summed E-state index contributed by atoms with van der Waals surface area (Å²) in [4.78, 5) is 4.34. The number of nitrogens with one attached hydrogen (secondary N) is 1. The molecule has 6 heteroatoms. The van der Waals surface area contributed by atoms with Gasteiger partial charge in [-0.05, 0) is 33.8 Å². The predicted molar refractivity (Wildman–Crippen MR) is 76.3 cm³/mol. The lowest BCUT2D eigenvalue weighted by Gasteiger charge is -2.13. The van der Waals surface area contributed by atoms with Gasteiger partial charge in [-0.1, -0.05) is 11.6 Å². The van der Waals surface area contributed by atoms with Crippen LogP contribution in [0.25, 0.3) is 5.69 Å². The standard InChI is InChI=1S/C13H16ClN5/c1-6-5-10(11(13(15)16)7(2)17-6)19-9(4)12(14)8(3)18-19/h5H,1-4H3,(H3,15,16). The number of hydrogen-bond acceptors (Lipinski definition) is 3. The zero-order valence-corrected chi connectivity index (χ0v) is 12.1. The minimum absolute atomic E-state index is 0.0244. The number of pyridine rings is 1. The summed E-state index contributed by atoms with van der Waals surface area (Å²) >= 11 is 6.18. The minimum atomic E-state index is -0.0244. The fraction of sp³-hybridized carbons (Fsp3) is 0.308. The lowest BCUT2D eigenvalue weighted by Crippen LogP contribution is -2.19. The van der Waals surface area contributed by atoms with Crippen LogP contribution in [0.5, 0.6) is 0 Å². The van der Waals surface area contributed by atoms with Crippen molar-refractivity contribution in [3.8, 4) is 5.69 Å². The van der Waals surface area contributed by atoms with Crippen LogP contribution in [0, 0.1) is 33.1 Å². The fourth-order valence-electron chi connectivity index (χ4n) is 2.17. The molecule has 0 radical (unpaired) electrons. The first kappa shape index (κ1) is 13.5. The van der Waals surface area contributed by atoms with E-state index in [0.29, 0.717) is 16.3 Å². The maximum atomic E-state index is 7.73. The van der Waals surface area contributed by atoms with Crippen molar-refractivity contribution in [2.24, 2.45) is 5.73 Å². The van der Waals surface area contributed by atoms with E-state index in [1.807, 2.05) is 33.8 Å². The Bertz CT molecular complexity index is 672. The van der Waals surface area contributed by atoms with Gasteiger partial charge in [-0.25, -0.2) is 4.68 Å². The highest BCUT2D eigenvalue weighted by Crippen LogP contribution is 2.25. The number of aromatic nitrogens is 3. The molecule has 100 valence electrons. The summed E-state index contributed by atoms with van der Waals surface area (Å²) in [5.74, 6) is -0.0244. The van der Waals surface area contributed by atoms with Crippen LogP contribution in [0.15, 0.2) is 6.07 Å². The number of nitrogens with two attached hydrogens (primary N) is 1. The van der Waals surface area contributed by atoms with E-state index in [4.69, 9.17) is 22.7 Å². The Morgan fingerprint density at radius 1 is 1.26 bits per heavy atom. The third-order valence-corrected chi connectivity index (χ3v) is 3.56. The summed E-state index contributed by atoms with van der Waals surface area (Å²) in [6, 6.07) is 1.86. The van der Waals surface area contributed by atoms with Crippen LogP contribution in [0.3, 0.4) is 0 Å². The first-order valence-electron chi connectivity index (χ1n) is 5.87. The van der Waals surface area contributed by atoms with Gasteiger partial charge in [0.25, 0.3) is 0 Å². The predicted octanol–water partition coefficient (Wildman–Crippen LogP) is 2.44. The van der Waals surface area contributed by atoms with E-state index in [1.54, 1.807) is 4.68 Å². The van der Waals surface area contributed by atoms with Crippen LogP contribution in [0.4, 0.5) is 0 Å². The highest BCUT2D eigenvalue weighted by Gasteiger charge is 2.17. The molecule has 2 heterocycles. The maximum Gasteiger partial charge on any atom is 0.126 e. The number of aryl methyl sites for hydroxylation is 3. The molecule has 0 aliphatic rings. The van der Waals surface area contributed by atoms with Crippen molar-refractivity contribution in [2.45, 2.75) is 27.7 Å². The van der Waals surface area contributed by atoms with E-state index >= 15 is 0 Å². The van der Waals surface area contributed by atoms with Gasteiger partial charge in [0.2, 0.25) is 0 Å². The average Bonchev–Trinajstić information content (AvgIpc) is 2.55. The normalized spacial score (nSPS) is 10.8. The molecule has 0 saturated carbocycles. The molecule has 0 spiro atoms. The van der Waals surface area contributed by atoms with E-state index in [2.05, 4.69) is 10.1 Å². The van der Waals surface area contributed by atoms with Crippen molar-refractivity contribution >= 4 is 17.4 Å². The van der Waals surface area contributed by atoms with Gasteiger partial charge in [-0.15, -0.1) is 0 Å². The lowest BCUT2D eigenvalue weighted by molar-refractivity contribution is 0.824. The van der Waals surface area contributed by atoms with Crippen LogP contribution in [0.1, 0.15) is 28.3 Å². The Morgan fingerprint density at radius 3 is 2.37 bits per heavy atom. The van der Waals surface area contributed by atoms with Crippen LogP contribution in [-0.2, 0) is 0 Å². The number of rotatable bonds is 2. The molecular formula is C13H16ClN5. The average molecular weight is 278 g/mol. The molecule has 0 fully saturated rings. The summed E-state index contributed by atoms with van der Waals surface area (Å²) in [6.45, 7) is 7.46. The molecule has 0 saturated heterocycles. The second-order valence-corrected chi connectivity index (χ2v) is 4.93. The van der Waals surface area contributed by atoms with Crippen molar-refractivity contribution in [2.75, 3.05) is 0 Å². The lowest BCUT2D eigenvalue weighted by atomic mass is 10.1. The summed E-state index contributed by atoms with van der Waals surface area (Å²) in [6.07, 6.45) is 0. The molecule has 2 aromatic rings. The fourth-order valence-corrected chi connectivity index (χ4v) is 2.28. The summed E-state index contributed by atoms with van der Waals surface area (Å²) in [5.41, 5.74) is 10.1. The van der Waals surface area contributed by atoms with Crippen LogP contribution < -0.4 is 5.73 Å². The SMILES string of the molecule is Cc1cc(-n2nc(C)c(Cl)c2C)c(C(=N)N)c(C)n1. The van der Waals surface area contributed by atoms with E-state index < -0.39 is 0 Å². The molecule has 0 aliphatic carbocycles. The van der Waals surface area contributed by atoms with Gasteiger partial charge < -0.3 is 5.73 Å². The molecule has 0 aliphatic heterocycles. The smallest absolute Gasteiger partial charge is 0.126 e. The number of hydrogen-bond donors (Lipinski definition) is 2. The third kappa shape index (κ3) is 2.21. The molecule has 0 aromatic carbocycles. The van der Waals surface area contributed by atoms with Crippen LogP contribution >= 0.6 is 11.6 Å². The zero-order chi connectivity index (χ0) is 14.3. The van der Waals surface area contributed by atoms with E-state index in [9.17, 15) is 0 Å². The van der Waals surface area contributed by atoms with Gasteiger partial charge in [0.1, 0.15) is 5.84 Å². The molecule has 0 unspecified atom stereocenters. The van der Waals surface area contributed by atoms with Gasteiger partial charge in [-0.3, -0.25) is 10.4 Å². The molecule has 2 rings (SSSR count). The minimum Gasteiger partial charge on any atom is -0.384 e. The van der Waals surface area contributed by atoms with Crippen molar-refractivity contribution in [1.29, 1.82) is 5.41 Å². The van der Waals surface area contributed by atoms with Crippen LogP contribution in [-0.4, -0.2) is 20.6 Å². The second kappa shape index (κ2) is 4.66. The summed E-state index contributed by atoms with van der Waals surface area (Å²) in [7, 11) is 0. The molecular weight excluding hydrogens is 262 g/mol. The molecule has 19 heavy (non-hydrogen) atoms. The van der Waals surface area contributed by atoms with Gasteiger partial charge >= 0.3 is 0 Å². The van der Waals surface area contributed by atoms with Gasteiger partial charge in [0, 0.05) is 5.69 Å². The Balaban J connectivity index is 2.81. The molecule has 0 bridgehead atoms. The first-order chi connectivity index (χ1) is 8.82. The Morgan fingerprint density at radius 2 is 1.89 bits per heavy atom. The summed E-state index contributed by atoms with van der Waals surface area (Å²) < 4.78 is 1.72. The largest absolute Gasteiger partial charge is 0.384 e. The number of amidine groups is 1. The number of nitrogens with zero attached hydrogens (tertiary/aromatic N) is 3.